The van der Waals surface area contributed by atoms with Gasteiger partial charge in [-0.3, -0.25) is 0 Å². The molecular formula is C24H27N3O2. The largest absolute Gasteiger partial charge is 0.404 e. The summed E-state index contributed by atoms with van der Waals surface area (Å²) in [6.07, 6.45) is 0.747. The maximum atomic E-state index is 12.5. The van der Waals surface area contributed by atoms with Gasteiger partial charge in [0, 0.05) is 24.8 Å². The van der Waals surface area contributed by atoms with Gasteiger partial charge >= 0.3 is 5.97 Å². The number of rotatable bonds is 7. The van der Waals surface area contributed by atoms with Gasteiger partial charge in [-0.1, -0.05) is 56.3 Å². The molecule has 2 aromatic carbocycles. The first-order valence-corrected chi connectivity index (χ1v) is 9.81. The lowest BCUT2D eigenvalue weighted by molar-refractivity contribution is 0.0727. The first-order valence-electron chi connectivity index (χ1n) is 9.81. The Morgan fingerprint density at radius 2 is 1.69 bits per heavy atom. The Morgan fingerprint density at radius 1 is 1.00 bits per heavy atom. The van der Waals surface area contributed by atoms with E-state index in [1.807, 2.05) is 30.3 Å². The van der Waals surface area contributed by atoms with E-state index in [1.54, 1.807) is 30.3 Å². The van der Waals surface area contributed by atoms with Crippen molar-refractivity contribution in [2.45, 2.75) is 33.4 Å². The Morgan fingerprint density at radius 3 is 2.28 bits per heavy atom. The van der Waals surface area contributed by atoms with Crippen LogP contribution in [0.5, 0.6) is 5.88 Å². The second-order valence-electron chi connectivity index (χ2n) is 7.39. The number of nitrogens with zero attached hydrogens (tertiary/aromatic N) is 1. The van der Waals surface area contributed by atoms with Crippen LogP contribution in [-0.2, 0) is 19.5 Å². The van der Waals surface area contributed by atoms with Crippen LogP contribution < -0.4 is 16.2 Å². The van der Waals surface area contributed by atoms with Crippen LogP contribution in [0.15, 0.2) is 60.7 Å². The number of aromatic nitrogens is 1. The lowest BCUT2D eigenvalue weighted by Crippen LogP contribution is -2.13. The van der Waals surface area contributed by atoms with Crippen molar-refractivity contribution in [3.8, 4) is 17.0 Å². The average Bonchev–Trinajstić information content (AvgIpc) is 2.73. The van der Waals surface area contributed by atoms with E-state index in [4.69, 9.17) is 16.2 Å². The Hall–Kier alpha value is -3.02. The fraction of sp³-hybridized carbons (Fsp3) is 0.250. The molecule has 0 saturated heterocycles. The standard InChI is InChI=1S/C24H27N3O2/c1-16(2)12-22-21(15-26)20(18-10-8-17(14-25)9-11-18)13-23(27-22)29-24(28)19-6-4-3-5-7-19/h3-11,13,16H,12,14-15,25-26H2,1-2H3. The van der Waals surface area contributed by atoms with E-state index in [9.17, 15) is 4.79 Å². The van der Waals surface area contributed by atoms with Crippen molar-refractivity contribution in [1.29, 1.82) is 0 Å². The fourth-order valence-electron chi connectivity index (χ4n) is 3.24. The van der Waals surface area contributed by atoms with Gasteiger partial charge in [-0.2, -0.15) is 0 Å². The minimum Gasteiger partial charge on any atom is -0.404 e. The maximum Gasteiger partial charge on any atom is 0.344 e. The van der Waals surface area contributed by atoms with Gasteiger partial charge in [0.2, 0.25) is 5.88 Å². The van der Waals surface area contributed by atoms with Crippen molar-refractivity contribution < 1.29 is 9.53 Å². The quantitative estimate of drug-likeness (QED) is 0.594. The van der Waals surface area contributed by atoms with Crippen molar-refractivity contribution in [2.24, 2.45) is 17.4 Å². The molecule has 0 radical (unpaired) electrons. The first kappa shape index (κ1) is 20.7. The van der Waals surface area contributed by atoms with Crippen molar-refractivity contribution in [3.63, 3.8) is 0 Å². The molecule has 4 N–H and O–H groups in total. The van der Waals surface area contributed by atoms with Crippen LogP contribution in [-0.4, -0.2) is 11.0 Å². The molecule has 0 aliphatic rings. The van der Waals surface area contributed by atoms with E-state index in [0.29, 0.717) is 24.6 Å². The Labute approximate surface area is 171 Å². The van der Waals surface area contributed by atoms with Crippen LogP contribution in [0.3, 0.4) is 0 Å². The third kappa shape index (κ3) is 5.08. The van der Waals surface area contributed by atoms with E-state index in [0.717, 1.165) is 34.4 Å². The van der Waals surface area contributed by atoms with Crippen molar-refractivity contribution in [3.05, 3.63) is 83.0 Å². The summed E-state index contributed by atoms with van der Waals surface area (Å²) in [4.78, 5) is 17.2. The molecule has 0 aliphatic heterocycles. The van der Waals surface area contributed by atoms with E-state index in [1.165, 1.54) is 0 Å². The number of nitrogens with two attached hydrogens (primary N) is 2. The average molecular weight is 389 g/mol. The highest BCUT2D eigenvalue weighted by Crippen LogP contribution is 2.31. The highest BCUT2D eigenvalue weighted by Gasteiger charge is 2.17. The number of benzene rings is 2. The lowest BCUT2D eigenvalue weighted by atomic mass is 9.94. The third-order valence-corrected chi connectivity index (χ3v) is 4.70. The van der Waals surface area contributed by atoms with Gasteiger partial charge in [0.15, 0.2) is 0 Å². The topological polar surface area (TPSA) is 91.2 Å². The highest BCUT2D eigenvalue weighted by atomic mass is 16.5. The van der Waals surface area contributed by atoms with E-state index >= 15 is 0 Å². The molecule has 0 saturated carbocycles. The highest BCUT2D eigenvalue weighted by molar-refractivity contribution is 5.91. The molecule has 1 heterocycles. The van der Waals surface area contributed by atoms with Crippen molar-refractivity contribution >= 4 is 5.97 Å². The van der Waals surface area contributed by atoms with Gasteiger partial charge in [0.1, 0.15) is 0 Å². The van der Waals surface area contributed by atoms with E-state index < -0.39 is 5.97 Å². The summed E-state index contributed by atoms with van der Waals surface area (Å²) in [6.45, 7) is 5.09. The number of ether oxygens (including phenoxy) is 1. The number of hydrogen-bond acceptors (Lipinski definition) is 5. The van der Waals surface area contributed by atoms with Gasteiger partial charge < -0.3 is 16.2 Å². The molecule has 0 atom stereocenters. The predicted octanol–water partition coefficient (Wildman–Crippen LogP) is 4.08. The molecule has 1 aromatic heterocycles. The van der Waals surface area contributed by atoms with Crippen LogP contribution in [0.2, 0.25) is 0 Å². The SMILES string of the molecule is CC(C)Cc1nc(OC(=O)c2ccccc2)cc(-c2ccc(CN)cc2)c1CN. The predicted molar refractivity (Wildman–Crippen MR) is 115 cm³/mol. The van der Waals surface area contributed by atoms with Crippen LogP contribution in [0.4, 0.5) is 0 Å². The summed E-state index contributed by atoms with van der Waals surface area (Å²) in [7, 11) is 0. The summed E-state index contributed by atoms with van der Waals surface area (Å²) in [5.74, 6) is 0.239. The summed E-state index contributed by atoms with van der Waals surface area (Å²) in [5.41, 5.74) is 17.1. The number of pyridine rings is 1. The van der Waals surface area contributed by atoms with Gasteiger partial charge in [-0.25, -0.2) is 9.78 Å². The molecule has 150 valence electrons. The minimum absolute atomic E-state index is 0.282. The Kier molecular flexibility index (Phi) is 6.75. The van der Waals surface area contributed by atoms with Gasteiger partial charge in [0.25, 0.3) is 0 Å². The van der Waals surface area contributed by atoms with Crippen LogP contribution in [0, 0.1) is 5.92 Å². The van der Waals surface area contributed by atoms with Gasteiger partial charge in [-0.05, 0) is 46.7 Å². The zero-order valence-electron chi connectivity index (χ0n) is 16.9. The molecule has 3 rings (SSSR count). The molecule has 5 heteroatoms. The number of hydrogen-bond donors (Lipinski definition) is 2. The zero-order chi connectivity index (χ0) is 20.8. The smallest absolute Gasteiger partial charge is 0.344 e. The van der Waals surface area contributed by atoms with Crippen LogP contribution in [0.25, 0.3) is 11.1 Å². The molecule has 0 bridgehead atoms. The third-order valence-electron chi connectivity index (χ3n) is 4.70. The normalized spacial score (nSPS) is 10.9. The fourth-order valence-corrected chi connectivity index (χ4v) is 3.24. The van der Waals surface area contributed by atoms with Crippen LogP contribution in [0.1, 0.15) is 41.0 Å². The number of carbonyl (C=O) groups is 1. The summed E-state index contributed by atoms with van der Waals surface area (Å²) in [5, 5.41) is 0. The molecule has 0 fully saturated rings. The molecule has 3 aromatic rings. The number of carbonyl (C=O) groups excluding carboxylic acids is 1. The van der Waals surface area contributed by atoms with E-state index in [-0.39, 0.29) is 5.88 Å². The van der Waals surface area contributed by atoms with Crippen molar-refractivity contribution in [2.75, 3.05) is 0 Å². The van der Waals surface area contributed by atoms with Gasteiger partial charge in [-0.15, -0.1) is 0 Å². The molecule has 0 amide bonds. The second-order valence-corrected chi connectivity index (χ2v) is 7.39. The van der Waals surface area contributed by atoms with Crippen molar-refractivity contribution in [1.82, 2.24) is 4.98 Å². The number of esters is 1. The summed E-state index contributed by atoms with van der Waals surface area (Å²) >= 11 is 0. The molecule has 0 spiro atoms. The second kappa shape index (κ2) is 9.45. The molecule has 0 aliphatic carbocycles. The van der Waals surface area contributed by atoms with Crippen LogP contribution >= 0.6 is 0 Å². The monoisotopic (exact) mass is 389 g/mol. The molecule has 0 unspecified atom stereocenters. The molecule has 5 nitrogen and oxygen atoms in total. The zero-order valence-corrected chi connectivity index (χ0v) is 16.9. The molecule has 29 heavy (non-hydrogen) atoms. The summed E-state index contributed by atoms with van der Waals surface area (Å²) in [6, 6.07) is 18.7. The van der Waals surface area contributed by atoms with E-state index in [2.05, 4.69) is 18.8 Å². The Bertz CT molecular complexity index is 967. The minimum atomic E-state index is -0.432. The van der Waals surface area contributed by atoms with Gasteiger partial charge in [0.05, 0.1) is 5.56 Å². The first-order chi connectivity index (χ1) is 14.0. The summed E-state index contributed by atoms with van der Waals surface area (Å²) < 4.78 is 5.62. The maximum absolute atomic E-state index is 12.5. The Balaban J connectivity index is 2.05. The molecular weight excluding hydrogens is 362 g/mol. The lowest BCUT2D eigenvalue weighted by Gasteiger charge is -2.17.